The van der Waals surface area contributed by atoms with Gasteiger partial charge in [-0.05, 0) is 62.1 Å². The number of hydrogen-bond donors (Lipinski definition) is 0. The van der Waals surface area contributed by atoms with E-state index in [0.717, 1.165) is 59.5 Å². The highest BCUT2D eigenvalue weighted by Gasteiger charge is 2.20. The largest absolute Gasteiger partial charge is 0.457 e. The highest BCUT2D eigenvalue weighted by Crippen LogP contribution is 2.30. The summed E-state index contributed by atoms with van der Waals surface area (Å²) in [5, 5.41) is 0. The monoisotopic (exact) mass is 420 g/mol. The van der Waals surface area contributed by atoms with E-state index in [1.54, 1.807) is 0 Å². The predicted molar refractivity (Wildman–Crippen MR) is 128 cm³/mol. The van der Waals surface area contributed by atoms with Gasteiger partial charge in [-0.3, -0.25) is 4.79 Å². The molecule has 2 aromatic carbocycles. The maximum Gasteiger partial charge on any atom is 0.185 e. The number of rotatable bonds is 4. The molecule has 2 heterocycles. The van der Waals surface area contributed by atoms with Gasteiger partial charge < -0.3 is 8.83 Å². The Balaban J connectivity index is 1.40. The summed E-state index contributed by atoms with van der Waals surface area (Å²) in [5.74, 6) is 3.10. The second-order valence-corrected chi connectivity index (χ2v) is 8.01. The number of hydrogen-bond acceptors (Lipinski definition) is 3. The van der Waals surface area contributed by atoms with Crippen LogP contribution in [-0.2, 0) is 4.79 Å². The van der Waals surface area contributed by atoms with Crippen molar-refractivity contribution in [1.29, 1.82) is 0 Å². The Morgan fingerprint density at radius 3 is 1.44 bits per heavy atom. The van der Waals surface area contributed by atoms with Crippen LogP contribution in [-0.4, -0.2) is 5.78 Å². The molecule has 0 aliphatic heterocycles. The molecule has 0 radical (unpaired) electrons. The second kappa shape index (κ2) is 9.11. The van der Waals surface area contributed by atoms with Gasteiger partial charge >= 0.3 is 0 Å². The molecule has 158 valence electrons. The lowest BCUT2D eigenvalue weighted by molar-refractivity contribution is -0.112. The Bertz CT molecular complexity index is 1170. The number of allylic oxidation sites excluding steroid dienone is 2. The normalized spacial score (nSPS) is 17.1. The molecule has 2 aromatic heterocycles. The third-order valence-electron chi connectivity index (χ3n) is 5.73. The smallest absolute Gasteiger partial charge is 0.185 e. The van der Waals surface area contributed by atoms with Crippen LogP contribution in [0, 0.1) is 0 Å². The standard InChI is InChI=1S/C29H24O3/c30-29-23(19-25-15-17-27(31-25)21-9-3-1-4-10-21)13-7-8-14-24(29)20-26-16-18-28(32-26)22-11-5-2-6-12-22/h1-6,9-12,15-20H,7-8,13-14H2/b23-19-,24-20-. The molecule has 0 atom stereocenters. The van der Waals surface area contributed by atoms with E-state index < -0.39 is 0 Å². The van der Waals surface area contributed by atoms with E-state index in [0.29, 0.717) is 11.5 Å². The van der Waals surface area contributed by atoms with Crippen LogP contribution >= 0.6 is 0 Å². The first-order chi connectivity index (χ1) is 15.8. The summed E-state index contributed by atoms with van der Waals surface area (Å²) >= 11 is 0. The predicted octanol–water partition coefficient (Wildman–Crippen LogP) is 7.82. The Hall–Kier alpha value is -3.85. The highest BCUT2D eigenvalue weighted by atomic mass is 16.3. The van der Waals surface area contributed by atoms with Gasteiger partial charge in [0.15, 0.2) is 5.78 Å². The van der Waals surface area contributed by atoms with Crippen LogP contribution in [0.3, 0.4) is 0 Å². The third kappa shape index (κ3) is 4.42. The topological polar surface area (TPSA) is 43.4 Å². The summed E-state index contributed by atoms with van der Waals surface area (Å²) in [6, 6.07) is 27.7. The molecule has 3 heteroatoms. The van der Waals surface area contributed by atoms with E-state index >= 15 is 0 Å². The fraction of sp³-hybridized carbons (Fsp3) is 0.138. The molecular weight excluding hydrogens is 396 g/mol. The molecule has 5 rings (SSSR count). The number of Topliss-reactive ketones (excluding diaryl/α,β-unsaturated/α-hetero) is 1. The second-order valence-electron chi connectivity index (χ2n) is 8.01. The minimum absolute atomic E-state index is 0.0813. The summed E-state index contributed by atoms with van der Waals surface area (Å²) in [4.78, 5) is 13.3. The Kier molecular flexibility index (Phi) is 5.71. The zero-order valence-electron chi connectivity index (χ0n) is 17.8. The zero-order chi connectivity index (χ0) is 21.8. The summed E-state index contributed by atoms with van der Waals surface area (Å²) in [6.45, 7) is 0. The van der Waals surface area contributed by atoms with Crippen LogP contribution in [0.1, 0.15) is 37.2 Å². The lowest BCUT2D eigenvalue weighted by atomic mass is 10.0. The van der Waals surface area contributed by atoms with Gasteiger partial charge in [-0.15, -0.1) is 0 Å². The van der Waals surface area contributed by atoms with Gasteiger partial charge in [0, 0.05) is 22.3 Å². The van der Waals surface area contributed by atoms with E-state index in [1.807, 2.05) is 97.1 Å². The van der Waals surface area contributed by atoms with Gasteiger partial charge in [0.1, 0.15) is 23.0 Å². The molecule has 0 unspecified atom stereocenters. The molecule has 0 bridgehead atoms. The highest BCUT2D eigenvalue weighted by molar-refractivity contribution is 6.13. The first-order valence-electron chi connectivity index (χ1n) is 11.0. The van der Waals surface area contributed by atoms with Crippen molar-refractivity contribution in [2.75, 3.05) is 0 Å². The Labute approximate surface area is 187 Å². The Morgan fingerprint density at radius 1 is 0.562 bits per heavy atom. The van der Waals surface area contributed by atoms with E-state index in [2.05, 4.69) is 0 Å². The van der Waals surface area contributed by atoms with Crippen LogP contribution in [0.5, 0.6) is 0 Å². The van der Waals surface area contributed by atoms with E-state index in [4.69, 9.17) is 8.83 Å². The summed E-state index contributed by atoms with van der Waals surface area (Å²) in [7, 11) is 0. The fourth-order valence-corrected chi connectivity index (χ4v) is 4.06. The fourth-order valence-electron chi connectivity index (χ4n) is 4.06. The van der Waals surface area contributed by atoms with Gasteiger partial charge in [0.2, 0.25) is 0 Å². The average Bonchev–Trinajstić information content (AvgIpc) is 3.47. The van der Waals surface area contributed by atoms with Crippen LogP contribution in [0.4, 0.5) is 0 Å². The van der Waals surface area contributed by atoms with Gasteiger partial charge in [-0.1, -0.05) is 60.7 Å². The SMILES string of the molecule is O=C1/C(=C\c2ccc(-c3ccccc3)o2)CCCC/C1=C/c1ccc(-c2ccccc2)o1. The first-order valence-corrected chi connectivity index (χ1v) is 11.0. The maximum atomic E-state index is 13.3. The van der Waals surface area contributed by atoms with Crippen molar-refractivity contribution < 1.29 is 13.6 Å². The zero-order valence-corrected chi connectivity index (χ0v) is 17.8. The van der Waals surface area contributed by atoms with Crippen LogP contribution in [0.2, 0.25) is 0 Å². The number of benzene rings is 2. The van der Waals surface area contributed by atoms with Gasteiger partial charge in [0.05, 0.1) is 0 Å². The van der Waals surface area contributed by atoms with Gasteiger partial charge in [0.25, 0.3) is 0 Å². The summed E-state index contributed by atoms with van der Waals surface area (Å²) < 4.78 is 12.0. The molecule has 0 spiro atoms. The molecular formula is C29H24O3. The molecule has 1 fully saturated rings. The lowest BCUT2D eigenvalue weighted by Crippen LogP contribution is -2.03. The molecule has 1 aliphatic carbocycles. The molecule has 0 saturated heterocycles. The van der Waals surface area contributed by atoms with Gasteiger partial charge in [-0.2, -0.15) is 0 Å². The quantitative estimate of drug-likeness (QED) is 0.250. The summed E-state index contributed by atoms with van der Waals surface area (Å²) in [6.07, 6.45) is 7.26. The van der Waals surface area contributed by atoms with Crippen molar-refractivity contribution in [3.05, 3.63) is 108 Å². The van der Waals surface area contributed by atoms with Crippen molar-refractivity contribution in [3.63, 3.8) is 0 Å². The van der Waals surface area contributed by atoms with E-state index in [-0.39, 0.29) is 5.78 Å². The Morgan fingerprint density at radius 2 is 1.00 bits per heavy atom. The average molecular weight is 421 g/mol. The van der Waals surface area contributed by atoms with Crippen molar-refractivity contribution in [1.82, 2.24) is 0 Å². The van der Waals surface area contributed by atoms with Crippen molar-refractivity contribution in [3.8, 4) is 22.6 Å². The van der Waals surface area contributed by atoms with Crippen molar-refractivity contribution >= 4 is 17.9 Å². The number of ketones is 1. The molecule has 0 amide bonds. The lowest BCUT2D eigenvalue weighted by Gasteiger charge is -2.04. The molecule has 1 saturated carbocycles. The van der Waals surface area contributed by atoms with E-state index in [1.165, 1.54) is 0 Å². The molecule has 1 aliphatic rings. The number of carbonyl (C=O) groups excluding carboxylic acids is 1. The van der Waals surface area contributed by atoms with Crippen LogP contribution in [0.15, 0.2) is 105 Å². The van der Waals surface area contributed by atoms with Crippen LogP contribution < -0.4 is 0 Å². The number of carbonyl (C=O) groups is 1. The minimum atomic E-state index is 0.0813. The molecule has 3 nitrogen and oxygen atoms in total. The molecule has 4 aromatic rings. The molecule has 32 heavy (non-hydrogen) atoms. The van der Waals surface area contributed by atoms with Crippen LogP contribution in [0.25, 0.3) is 34.8 Å². The maximum absolute atomic E-state index is 13.3. The summed E-state index contributed by atoms with van der Waals surface area (Å²) in [5.41, 5.74) is 3.63. The third-order valence-corrected chi connectivity index (χ3v) is 5.73. The van der Waals surface area contributed by atoms with Crippen molar-refractivity contribution in [2.24, 2.45) is 0 Å². The number of furan rings is 2. The van der Waals surface area contributed by atoms with Crippen molar-refractivity contribution in [2.45, 2.75) is 25.7 Å². The van der Waals surface area contributed by atoms with E-state index in [9.17, 15) is 4.79 Å². The minimum Gasteiger partial charge on any atom is -0.457 e. The molecule has 0 N–H and O–H groups in total. The first kappa shape index (κ1) is 20.1. The van der Waals surface area contributed by atoms with Gasteiger partial charge in [-0.25, -0.2) is 0 Å².